The van der Waals surface area contributed by atoms with Crippen LogP contribution in [0.5, 0.6) is 0 Å². The van der Waals surface area contributed by atoms with E-state index in [-0.39, 0.29) is 12.2 Å². The predicted octanol–water partition coefficient (Wildman–Crippen LogP) is 3.81. The van der Waals surface area contributed by atoms with E-state index in [2.05, 4.69) is 30.0 Å². The quantitative estimate of drug-likeness (QED) is 0.327. The van der Waals surface area contributed by atoms with Crippen molar-refractivity contribution in [1.82, 2.24) is 0 Å². The minimum atomic E-state index is -1.12. The van der Waals surface area contributed by atoms with Gasteiger partial charge in [0, 0.05) is 0 Å². The average Bonchev–Trinajstić information content (AvgIpc) is 2.68. The summed E-state index contributed by atoms with van der Waals surface area (Å²) < 4.78 is -1.12. The van der Waals surface area contributed by atoms with Crippen LogP contribution in [0.25, 0.3) is 11.1 Å². The van der Waals surface area contributed by atoms with Crippen molar-refractivity contribution in [3.05, 3.63) is 84.0 Å². The van der Waals surface area contributed by atoms with Crippen LogP contribution in [0.1, 0.15) is 40.4 Å². The molecule has 0 amide bonds. The molecule has 0 heterocycles. The molecule has 0 bridgehead atoms. The molecule has 4 nitrogen and oxygen atoms in total. The third-order valence-corrected chi connectivity index (χ3v) is 5.76. The van der Waals surface area contributed by atoms with Gasteiger partial charge >= 0.3 is 181 Å². The molecule has 0 aromatic heterocycles. The SMILES string of the molecule is C=CCc1ccc(C(C)([As])C(=O)O)c(-c2ccc(C(=O)CCN)c(CC=C)c2)c1. The standard InChI is InChI=1S/C24H26AsNO3/c1-4-6-16-8-11-21(24(3,25)23(28)29)20(14-16)18-9-10-19(22(27)12-13-26)17(15-18)7-5-2/h4-5,8-11,14-15H,1-2,6-7,12-13,26H2,3H3,(H,28,29). The Labute approximate surface area is 181 Å². The van der Waals surface area contributed by atoms with Gasteiger partial charge in [-0.1, -0.05) is 0 Å². The van der Waals surface area contributed by atoms with Gasteiger partial charge in [0.25, 0.3) is 0 Å². The van der Waals surface area contributed by atoms with Gasteiger partial charge in [0.2, 0.25) is 0 Å². The van der Waals surface area contributed by atoms with Crippen LogP contribution in [0.2, 0.25) is 0 Å². The van der Waals surface area contributed by atoms with Crippen molar-refractivity contribution in [2.45, 2.75) is 30.4 Å². The van der Waals surface area contributed by atoms with E-state index in [4.69, 9.17) is 5.73 Å². The van der Waals surface area contributed by atoms with Crippen LogP contribution < -0.4 is 5.73 Å². The molecule has 5 heteroatoms. The van der Waals surface area contributed by atoms with E-state index >= 15 is 0 Å². The summed E-state index contributed by atoms with van der Waals surface area (Å²) in [7, 11) is 0. The van der Waals surface area contributed by atoms with E-state index in [1.54, 1.807) is 19.1 Å². The number of carbonyl (C=O) groups excluding carboxylic acids is 1. The van der Waals surface area contributed by atoms with Crippen LogP contribution in [0.15, 0.2) is 61.7 Å². The number of aliphatic carboxylic acids is 1. The number of hydrogen-bond acceptors (Lipinski definition) is 3. The number of carboxylic acid groups (broad SMARTS) is 1. The summed E-state index contributed by atoms with van der Waals surface area (Å²) in [6.07, 6.45) is 5.08. The molecular formula is C24H26AsNO3. The van der Waals surface area contributed by atoms with E-state index in [9.17, 15) is 14.7 Å². The zero-order chi connectivity index (χ0) is 21.6. The van der Waals surface area contributed by atoms with Gasteiger partial charge in [0.15, 0.2) is 0 Å². The van der Waals surface area contributed by atoms with Gasteiger partial charge in [-0.2, -0.15) is 0 Å². The van der Waals surface area contributed by atoms with Crippen LogP contribution in [0.3, 0.4) is 0 Å². The van der Waals surface area contributed by atoms with Crippen LogP contribution in [0.4, 0.5) is 0 Å². The molecule has 0 saturated heterocycles. The number of carboxylic acids is 1. The van der Waals surface area contributed by atoms with E-state index in [0.717, 1.165) is 22.3 Å². The number of nitrogens with two attached hydrogens (primary N) is 1. The van der Waals surface area contributed by atoms with Crippen molar-refractivity contribution in [2.75, 3.05) is 6.54 Å². The summed E-state index contributed by atoms with van der Waals surface area (Å²) in [4.78, 5) is 24.3. The summed E-state index contributed by atoms with van der Waals surface area (Å²) in [5, 5.41) is 9.75. The van der Waals surface area contributed by atoms with E-state index in [1.165, 1.54) is 0 Å². The zero-order valence-corrected chi connectivity index (χ0v) is 18.5. The molecule has 0 fully saturated rings. The first-order chi connectivity index (χ1) is 13.8. The molecule has 0 aliphatic carbocycles. The average molecular weight is 451 g/mol. The number of rotatable bonds is 10. The molecule has 2 radical (unpaired) electrons. The van der Waals surface area contributed by atoms with Crippen molar-refractivity contribution in [1.29, 1.82) is 0 Å². The molecule has 2 aromatic carbocycles. The molecule has 1 atom stereocenters. The Bertz CT molecular complexity index is 947. The van der Waals surface area contributed by atoms with E-state index in [1.807, 2.05) is 36.4 Å². The fourth-order valence-electron chi connectivity index (χ4n) is 3.29. The molecule has 0 spiro atoms. The molecule has 150 valence electrons. The predicted molar refractivity (Wildman–Crippen MR) is 118 cm³/mol. The van der Waals surface area contributed by atoms with Crippen LogP contribution in [0, 0.1) is 0 Å². The molecule has 0 saturated carbocycles. The molecule has 0 aliphatic rings. The van der Waals surface area contributed by atoms with Crippen LogP contribution in [-0.4, -0.2) is 40.3 Å². The van der Waals surface area contributed by atoms with Crippen molar-refractivity contribution < 1.29 is 14.7 Å². The Hall–Kier alpha value is -2.42. The second kappa shape index (κ2) is 9.86. The molecule has 3 N–H and O–H groups in total. The number of ketones is 1. The van der Waals surface area contributed by atoms with Gasteiger partial charge in [0.1, 0.15) is 0 Å². The topological polar surface area (TPSA) is 80.4 Å². The Balaban J connectivity index is 2.70. The van der Waals surface area contributed by atoms with Crippen molar-refractivity contribution in [3.63, 3.8) is 0 Å². The van der Waals surface area contributed by atoms with Crippen molar-refractivity contribution >= 4 is 28.6 Å². The summed E-state index contributed by atoms with van der Waals surface area (Å²) in [5.41, 5.74) is 10.5. The maximum atomic E-state index is 12.4. The van der Waals surface area contributed by atoms with E-state index in [0.29, 0.717) is 30.5 Å². The number of Topliss-reactive ketones (excluding diaryl/α,β-unsaturated/α-hetero) is 1. The Morgan fingerprint density at radius 3 is 2.41 bits per heavy atom. The molecular weight excluding hydrogens is 425 g/mol. The van der Waals surface area contributed by atoms with Crippen LogP contribution >= 0.6 is 0 Å². The second-order valence-corrected chi connectivity index (χ2v) is 8.95. The van der Waals surface area contributed by atoms with Gasteiger partial charge in [0.05, 0.1) is 0 Å². The third kappa shape index (κ3) is 5.14. The van der Waals surface area contributed by atoms with Gasteiger partial charge in [-0.25, -0.2) is 0 Å². The Morgan fingerprint density at radius 1 is 1.14 bits per heavy atom. The van der Waals surface area contributed by atoms with Gasteiger partial charge in [-0.15, -0.1) is 0 Å². The Kier molecular flexibility index (Phi) is 7.78. The van der Waals surface area contributed by atoms with Crippen molar-refractivity contribution in [2.24, 2.45) is 5.73 Å². The summed E-state index contributed by atoms with van der Waals surface area (Å²) >= 11 is 2.26. The third-order valence-electron chi connectivity index (χ3n) is 4.86. The number of benzene rings is 2. The fourth-order valence-corrected chi connectivity index (χ4v) is 3.70. The first-order valence-electron chi connectivity index (χ1n) is 9.43. The summed E-state index contributed by atoms with van der Waals surface area (Å²) in [6.45, 7) is 9.55. The summed E-state index contributed by atoms with van der Waals surface area (Å²) in [5.74, 6) is -0.921. The van der Waals surface area contributed by atoms with Gasteiger partial charge < -0.3 is 0 Å². The number of hydrogen-bond donors (Lipinski definition) is 2. The summed E-state index contributed by atoms with van der Waals surface area (Å²) in [6, 6.07) is 11.4. The molecule has 29 heavy (non-hydrogen) atoms. The van der Waals surface area contributed by atoms with E-state index < -0.39 is 10.2 Å². The maximum absolute atomic E-state index is 12.4. The Morgan fingerprint density at radius 2 is 1.83 bits per heavy atom. The molecule has 1 unspecified atom stereocenters. The van der Waals surface area contributed by atoms with Gasteiger partial charge in [-0.05, 0) is 0 Å². The normalized spacial score (nSPS) is 12.8. The second-order valence-electron chi connectivity index (χ2n) is 7.08. The fraction of sp³-hybridized carbons (Fsp3) is 0.250. The first kappa shape index (κ1) is 22.9. The first-order valence-corrected chi connectivity index (χ1v) is 10.4. The number of carbonyl (C=O) groups is 2. The molecule has 0 aliphatic heterocycles. The van der Waals surface area contributed by atoms with Crippen molar-refractivity contribution in [3.8, 4) is 11.1 Å². The zero-order valence-electron chi connectivity index (χ0n) is 16.6. The van der Waals surface area contributed by atoms with Crippen LogP contribution in [-0.2, 0) is 21.8 Å². The van der Waals surface area contributed by atoms with Gasteiger partial charge in [-0.3, -0.25) is 0 Å². The monoisotopic (exact) mass is 451 g/mol. The molecule has 2 aromatic rings. The number of allylic oxidation sites excluding steroid dienone is 2. The molecule has 2 rings (SSSR count). The minimum absolute atomic E-state index is 0.000867.